The average molecular weight is 280 g/mol. The van der Waals surface area contributed by atoms with Crippen molar-refractivity contribution < 1.29 is 13.9 Å². The Labute approximate surface area is 114 Å². The maximum atomic E-state index is 13.3. The van der Waals surface area contributed by atoms with Crippen LogP contribution in [0, 0.1) is 5.82 Å². The SMILES string of the molecule is COc1ccc(Cl)cc1C(=O)c1cc(N)cc(F)c1. The maximum Gasteiger partial charge on any atom is 0.196 e. The number of methoxy groups -OCH3 is 1. The van der Waals surface area contributed by atoms with Crippen molar-refractivity contribution in [1.82, 2.24) is 0 Å². The number of nitrogen functional groups attached to an aromatic ring is 1. The summed E-state index contributed by atoms with van der Waals surface area (Å²) in [5, 5.41) is 0.397. The summed E-state index contributed by atoms with van der Waals surface area (Å²) in [5.74, 6) is -0.591. The Morgan fingerprint density at radius 3 is 2.63 bits per heavy atom. The summed E-state index contributed by atoms with van der Waals surface area (Å²) in [6, 6.07) is 8.34. The third-order valence-electron chi connectivity index (χ3n) is 2.59. The molecule has 19 heavy (non-hydrogen) atoms. The molecule has 0 bridgehead atoms. The first-order valence-corrected chi connectivity index (χ1v) is 5.83. The fourth-order valence-electron chi connectivity index (χ4n) is 1.76. The third kappa shape index (κ3) is 2.85. The summed E-state index contributed by atoms with van der Waals surface area (Å²) in [6.07, 6.45) is 0. The van der Waals surface area contributed by atoms with Gasteiger partial charge in [0.1, 0.15) is 11.6 Å². The van der Waals surface area contributed by atoms with E-state index in [4.69, 9.17) is 22.1 Å². The Morgan fingerprint density at radius 1 is 1.26 bits per heavy atom. The number of carbonyl (C=O) groups excluding carboxylic acids is 1. The lowest BCUT2D eigenvalue weighted by Gasteiger charge is -2.08. The van der Waals surface area contributed by atoms with Crippen LogP contribution in [0.15, 0.2) is 36.4 Å². The largest absolute Gasteiger partial charge is 0.496 e. The molecule has 0 aliphatic rings. The number of anilines is 1. The minimum absolute atomic E-state index is 0.151. The summed E-state index contributed by atoms with van der Waals surface area (Å²) in [7, 11) is 1.44. The fraction of sp³-hybridized carbons (Fsp3) is 0.0714. The molecule has 0 unspecified atom stereocenters. The van der Waals surface area contributed by atoms with Crippen molar-refractivity contribution in [1.29, 1.82) is 0 Å². The molecule has 98 valence electrons. The third-order valence-corrected chi connectivity index (χ3v) is 2.82. The van der Waals surface area contributed by atoms with Gasteiger partial charge in [-0.2, -0.15) is 0 Å². The van der Waals surface area contributed by atoms with Crippen molar-refractivity contribution in [3.8, 4) is 5.75 Å². The Balaban J connectivity index is 2.52. The van der Waals surface area contributed by atoms with Crippen molar-refractivity contribution in [3.63, 3.8) is 0 Å². The van der Waals surface area contributed by atoms with Crippen LogP contribution in [0.25, 0.3) is 0 Å². The van der Waals surface area contributed by atoms with Crippen LogP contribution in [-0.4, -0.2) is 12.9 Å². The number of hydrogen-bond donors (Lipinski definition) is 1. The highest BCUT2D eigenvalue weighted by Crippen LogP contribution is 2.26. The van der Waals surface area contributed by atoms with Gasteiger partial charge in [-0.1, -0.05) is 11.6 Å². The Morgan fingerprint density at radius 2 is 2.00 bits per heavy atom. The van der Waals surface area contributed by atoms with Crippen molar-refractivity contribution in [2.24, 2.45) is 0 Å². The molecule has 0 aromatic heterocycles. The summed E-state index contributed by atoms with van der Waals surface area (Å²) in [6.45, 7) is 0. The van der Waals surface area contributed by atoms with Crippen LogP contribution in [0.5, 0.6) is 5.75 Å². The quantitative estimate of drug-likeness (QED) is 0.693. The zero-order valence-corrected chi connectivity index (χ0v) is 10.9. The molecule has 0 heterocycles. The topological polar surface area (TPSA) is 52.3 Å². The predicted molar refractivity (Wildman–Crippen MR) is 72.2 cm³/mol. The van der Waals surface area contributed by atoms with Gasteiger partial charge in [-0.3, -0.25) is 4.79 Å². The zero-order chi connectivity index (χ0) is 14.0. The molecule has 0 aliphatic carbocycles. The number of nitrogens with two attached hydrogens (primary N) is 1. The van der Waals surface area contributed by atoms with Gasteiger partial charge in [-0.25, -0.2) is 4.39 Å². The van der Waals surface area contributed by atoms with Gasteiger partial charge in [0.05, 0.1) is 12.7 Å². The number of rotatable bonds is 3. The van der Waals surface area contributed by atoms with Gasteiger partial charge in [0, 0.05) is 16.3 Å². The number of benzene rings is 2. The minimum Gasteiger partial charge on any atom is -0.496 e. The van der Waals surface area contributed by atoms with Crippen molar-refractivity contribution in [2.45, 2.75) is 0 Å². The Hall–Kier alpha value is -2.07. The molecular weight excluding hydrogens is 269 g/mol. The minimum atomic E-state index is -0.565. The summed E-state index contributed by atoms with van der Waals surface area (Å²) < 4.78 is 18.4. The highest BCUT2D eigenvalue weighted by atomic mass is 35.5. The van der Waals surface area contributed by atoms with Crippen molar-refractivity contribution >= 4 is 23.1 Å². The molecule has 0 spiro atoms. The van der Waals surface area contributed by atoms with E-state index in [2.05, 4.69) is 0 Å². The molecule has 0 saturated heterocycles. The number of ether oxygens (including phenoxy) is 1. The molecule has 3 nitrogen and oxygen atoms in total. The Kier molecular flexibility index (Phi) is 3.71. The van der Waals surface area contributed by atoms with E-state index in [9.17, 15) is 9.18 Å². The normalized spacial score (nSPS) is 10.3. The number of carbonyl (C=O) groups is 1. The summed E-state index contributed by atoms with van der Waals surface area (Å²) in [4.78, 5) is 12.3. The van der Waals surface area contributed by atoms with Gasteiger partial charge in [-0.05, 0) is 36.4 Å². The first kappa shape index (κ1) is 13.4. The van der Waals surface area contributed by atoms with E-state index in [1.165, 1.54) is 19.2 Å². The second kappa shape index (κ2) is 5.28. The first-order valence-electron chi connectivity index (χ1n) is 5.45. The lowest BCUT2D eigenvalue weighted by atomic mass is 10.0. The van der Waals surface area contributed by atoms with Crippen LogP contribution in [0.3, 0.4) is 0 Å². The molecule has 0 radical (unpaired) electrons. The monoisotopic (exact) mass is 279 g/mol. The van der Waals surface area contributed by atoms with E-state index < -0.39 is 11.6 Å². The molecule has 2 N–H and O–H groups in total. The molecule has 0 atom stereocenters. The van der Waals surface area contributed by atoms with Crippen LogP contribution >= 0.6 is 11.6 Å². The molecule has 2 aromatic rings. The first-order chi connectivity index (χ1) is 9.01. The number of hydrogen-bond acceptors (Lipinski definition) is 3. The van der Waals surface area contributed by atoms with E-state index in [0.29, 0.717) is 10.8 Å². The summed E-state index contributed by atoms with van der Waals surface area (Å²) >= 11 is 5.86. The highest BCUT2D eigenvalue weighted by molar-refractivity contribution is 6.31. The molecule has 0 saturated carbocycles. The molecule has 2 aromatic carbocycles. The fourth-order valence-corrected chi connectivity index (χ4v) is 1.93. The molecular formula is C14H11ClFNO2. The van der Waals surface area contributed by atoms with Crippen molar-refractivity contribution in [3.05, 3.63) is 58.4 Å². The van der Waals surface area contributed by atoms with Crippen LogP contribution in [0.4, 0.5) is 10.1 Å². The number of ketones is 1. The molecule has 2 rings (SSSR count). The van der Waals surface area contributed by atoms with Crippen LogP contribution in [0.1, 0.15) is 15.9 Å². The van der Waals surface area contributed by atoms with Crippen molar-refractivity contribution in [2.75, 3.05) is 12.8 Å². The number of halogens is 2. The lowest BCUT2D eigenvalue weighted by molar-refractivity contribution is 0.103. The predicted octanol–water partition coefficient (Wildman–Crippen LogP) is 3.30. The molecule has 0 fully saturated rings. The summed E-state index contributed by atoms with van der Waals surface area (Å²) in [5.41, 5.74) is 6.13. The van der Waals surface area contributed by atoms with Crippen LogP contribution in [-0.2, 0) is 0 Å². The second-order valence-corrected chi connectivity index (χ2v) is 4.38. The average Bonchev–Trinajstić information content (AvgIpc) is 2.36. The van der Waals surface area contributed by atoms with E-state index >= 15 is 0 Å². The highest BCUT2D eigenvalue weighted by Gasteiger charge is 2.16. The molecule has 5 heteroatoms. The second-order valence-electron chi connectivity index (χ2n) is 3.95. The van der Waals surface area contributed by atoms with E-state index in [1.807, 2.05) is 0 Å². The molecule has 0 aliphatic heterocycles. The standard InChI is InChI=1S/C14H11ClFNO2/c1-19-13-3-2-9(15)6-12(13)14(18)8-4-10(16)7-11(17)5-8/h2-7H,17H2,1H3. The van der Waals surface area contributed by atoms with E-state index in [0.717, 1.165) is 12.1 Å². The van der Waals surface area contributed by atoms with Crippen LogP contribution in [0.2, 0.25) is 5.02 Å². The zero-order valence-electron chi connectivity index (χ0n) is 10.1. The van der Waals surface area contributed by atoms with E-state index in [1.54, 1.807) is 12.1 Å². The van der Waals surface area contributed by atoms with Gasteiger partial charge in [0.2, 0.25) is 0 Å². The Bertz CT molecular complexity index is 623. The lowest BCUT2D eigenvalue weighted by Crippen LogP contribution is -2.05. The van der Waals surface area contributed by atoms with Crippen LogP contribution < -0.4 is 10.5 Å². The smallest absolute Gasteiger partial charge is 0.196 e. The van der Waals surface area contributed by atoms with E-state index in [-0.39, 0.29) is 16.8 Å². The molecule has 0 amide bonds. The maximum absolute atomic E-state index is 13.3. The van der Waals surface area contributed by atoms with Gasteiger partial charge in [0.15, 0.2) is 5.78 Å². The van der Waals surface area contributed by atoms with Gasteiger partial charge >= 0.3 is 0 Å². The van der Waals surface area contributed by atoms with Gasteiger partial charge in [0.25, 0.3) is 0 Å². The van der Waals surface area contributed by atoms with Gasteiger partial charge < -0.3 is 10.5 Å². The van der Waals surface area contributed by atoms with Gasteiger partial charge in [-0.15, -0.1) is 0 Å².